The van der Waals surface area contributed by atoms with Crippen molar-refractivity contribution in [2.45, 2.75) is 12.3 Å². The number of thiophene rings is 1. The van der Waals surface area contributed by atoms with E-state index in [2.05, 4.69) is 0 Å². The average molecular weight is 325 g/mol. The summed E-state index contributed by atoms with van der Waals surface area (Å²) in [7, 11) is -1.89. The van der Waals surface area contributed by atoms with E-state index in [0.717, 1.165) is 5.56 Å². The van der Waals surface area contributed by atoms with E-state index in [0.29, 0.717) is 12.1 Å². The normalized spacial score (nSPS) is 11.7. The molecule has 2 aromatic rings. The van der Waals surface area contributed by atoms with Crippen LogP contribution in [0.5, 0.6) is 0 Å². The lowest BCUT2D eigenvalue weighted by molar-refractivity contribution is 0.0697. The zero-order chi connectivity index (χ0) is 15.5. The van der Waals surface area contributed by atoms with Crippen molar-refractivity contribution in [3.63, 3.8) is 0 Å². The highest BCUT2D eigenvalue weighted by Gasteiger charge is 2.19. The van der Waals surface area contributed by atoms with Gasteiger partial charge in [-0.1, -0.05) is 12.1 Å². The first-order chi connectivity index (χ1) is 9.88. The topological polar surface area (TPSA) is 74.7 Å². The fourth-order valence-electron chi connectivity index (χ4n) is 1.80. The number of aromatic carboxylic acids is 1. The Labute approximate surface area is 127 Å². The van der Waals surface area contributed by atoms with Crippen molar-refractivity contribution in [3.05, 3.63) is 57.8 Å². The highest BCUT2D eigenvalue weighted by atomic mass is 32.2. The van der Waals surface area contributed by atoms with Crippen LogP contribution in [0.15, 0.2) is 41.1 Å². The standard InChI is InChI=1S/C14H15NO4S2/c1-15(8-12-6-7-20-9-12)21(18,19)10-11-2-4-13(5-3-11)14(16)17/h2-7,9H,8,10H2,1H3,(H,16,17). The lowest BCUT2D eigenvalue weighted by atomic mass is 10.1. The van der Waals surface area contributed by atoms with Gasteiger partial charge in [-0.05, 0) is 40.1 Å². The van der Waals surface area contributed by atoms with Crippen molar-refractivity contribution in [1.82, 2.24) is 4.31 Å². The summed E-state index contributed by atoms with van der Waals surface area (Å²) in [5.41, 5.74) is 1.66. The second kappa shape index (κ2) is 6.38. The molecular formula is C14H15NO4S2. The number of benzene rings is 1. The molecule has 0 radical (unpaired) electrons. The highest BCUT2D eigenvalue weighted by molar-refractivity contribution is 7.88. The SMILES string of the molecule is CN(Cc1ccsc1)S(=O)(=O)Cc1ccc(C(=O)O)cc1. The summed E-state index contributed by atoms with van der Waals surface area (Å²) >= 11 is 1.52. The van der Waals surface area contributed by atoms with Crippen molar-refractivity contribution in [2.24, 2.45) is 0 Å². The highest BCUT2D eigenvalue weighted by Crippen LogP contribution is 2.15. The minimum absolute atomic E-state index is 0.141. The first-order valence-corrected chi connectivity index (χ1v) is 8.71. The van der Waals surface area contributed by atoms with Crippen molar-refractivity contribution in [3.8, 4) is 0 Å². The number of carbonyl (C=O) groups is 1. The van der Waals surface area contributed by atoms with Gasteiger partial charge in [0.1, 0.15) is 0 Å². The molecule has 7 heteroatoms. The van der Waals surface area contributed by atoms with Crippen molar-refractivity contribution >= 4 is 27.3 Å². The Bertz CT molecular complexity index is 706. The van der Waals surface area contributed by atoms with Crippen LogP contribution >= 0.6 is 11.3 Å². The molecule has 0 spiro atoms. The number of hydrogen-bond donors (Lipinski definition) is 1. The zero-order valence-electron chi connectivity index (χ0n) is 11.4. The number of sulfonamides is 1. The summed E-state index contributed by atoms with van der Waals surface area (Å²) in [5, 5.41) is 12.6. The van der Waals surface area contributed by atoms with Gasteiger partial charge in [0, 0.05) is 13.6 Å². The van der Waals surface area contributed by atoms with Crippen LogP contribution in [0.3, 0.4) is 0 Å². The molecule has 112 valence electrons. The Kier molecular flexibility index (Phi) is 4.76. The van der Waals surface area contributed by atoms with Gasteiger partial charge >= 0.3 is 5.97 Å². The van der Waals surface area contributed by atoms with Crippen molar-refractivity contribution in [2.75, 3.05) is 7.05 Å². The van der Waals surface area contributed by atoms with Gasteiger partial charge in [-0.2, -0.15) is 11.3 Å². The summed E-state index contributed by atoms with van der Waals surface area (Å²) in [4.78, 5) is 10.8. The maximum absolute atomic E-state index is 12.3. The zero-order valence-corrected chi connectivity index (χ0v) is 13.0. The number of nitrogens with zero attached hydrogens (tertiary/aromatic N) is 1. The van der Waals surface area contributed by atoms with Gasteiger partial charge in [0.15, 0.2) is 0 Å². The van der Waals surface area contributed by atoms with Crippen LogP contribution in [0.2, 0.25) is 0 Å². The minimum Gasteiger partial charge on any atom is -0.478 e. The molecule has 0 aliphatic heterocycles. The summed E-state index contributed by atoms with van der Waals surface area (Å²) in [6.07, 6.45) is 0. The van der Waals surface area contributed by atoms with E-state index in [9.17, 15) is 13.2 Å². The second-order valence-corrected chi connectivity index (χ2v) is 7.50. The van der Waals surface area contributed by atoms with E-state index in [4.69, 9.17) is 5.11 Å². The number of rotatable bonds is 6. The molecule has 0 saturated carbocycles. The monoisotopic (exact) mass is 325 g/mol. The molecule has 0 aliphatic carbocycles. The Morgan fingerprint density at radius 3 is 2.38 bits per heavy atom. The summed E-state index contributed by atoms with van der Waals surface area (Å²) in [6, 6.07) is 7.76. The Hall–Kier alpha value is -1.70. The van der Waals surface area contributed by atoms with Gasteiger partial charge in [-0.3, -0.25) is 0 Å². The third kappa shape index (κ3) is 4.13. The Morgan fingerprint density at radius 1 is 1.19 bits per heavy atom. The summed E-state index contributed by atoms with van der Waals surface area (Å²) in [5.74, 6) is -1.17. The molecule has 0 saturated heterocycles. The van der Waals surface area contributed by atoms with Gasteiger partial charge in [-0.25, -0.2) is 17.5 Å². The summed E-state index contributed by atoms with van der Waals surface area (Å²) < 4.78 is 25.8. The molecule has 1 aromatic carbocycles. The van der Waals surface area contributed by atoms with Gasteiger partial charge < -0.3 is 5.11 Å². The van der Waals surface area contributed by atoms with Crippen LogP contribution in [0.4, 0.5) is 0 Å². The molecule has 0 atom stereocenters. The lowest BCUT2D eigenvalue weighted by Crippen LogP contribution is -2.27. The van der Waals surface area contributed by atoms with Gasteiger partial charge in [-0.15, -0.1) is 0 Å². The van der Waals surface area contributed by atoms with E-state index < -0.39 is 16.0 Å². The maximum Gasteiger partial charge on any atom is 0.335 e. The quantitative estimate of drug-likeness (QED) is 0.885. The molecule has 1 N–H and O–H groups in total. The Balaban J connectivity index is 2.07. The van der Waals surface area contributed by atoms with E-state index in [1.807, 2.05) is 16.8 Å². The van der Waals surface area contributed by atoms with Gasteiger partial charge in [0.05, 0.1) is 11.3 Å². The summed E-state index contributed by atoms with van der Waals surface area (Å²) in [6.45, 7) is 0.332. The lowest BCUT2D eigenvalue weighted by Gasteiger charge is -2.16. The third-order valence-electron chi connectivity index (χ3n) is 3.01. The smallest absolute Gasteiger partial charge is 0.335 e. The van der Waals surface area contributed by atoms with E-state index in [-0.39, 0.29) is 11.3 Å². The molecule has 1 heterocycles. The first-order valence-electron chi connectivity index (χ1n) is 6.16. The molecule has 0 unspecified atom stereocenters. The van der Waals surface area contributed by atoms with Crippen molar-refractivity contribution < 1.29 is 18.3 Å². The predicted octanol–water partition coefficient (Wildman–Crippen LogP) is 2.41. The van der Waals surface area contributed by atoms with Crippen LogP contribution in [-0.4, -0.2) is 30.8 Å². The molecule has 21 heavy (non-hydrogen) atoms. The van der Waals surface area contributed by atoms with Gasteiger partial charge in [0.25, 0.3) is 0 Å². The number of hydrogen-bond acceptors (Lipinski definition) is 4. The molecule has 0 aliphatic rings. The minimum atomic E-state index is -3.43. The molecule has 0 bridgehead atoms. The van der Waals surface area contributed by atoms with Crippen LogP contribution in [0.25, 0.3) is 0 Å². The fourth-order valence-corrected chi connectivity index (χ4v) is 3.64. The number of carboxylic acid groups (broad SMARTS) is 1. The molecule has 5 nitrogen and oxygen atoms in total. The molecule has 1 aromatic heterocycles. The fraction of sp³-hybridized carbons (Fsp3) is 0.214. The maximum atomic E-state index is 12.3. The third-order valence-corrected chi connectivity index (χ3v) is 5.52. The van der Waals surface area contributed by atoms with Gasteiger partial charge in [0.2, 0.25) is 10.0 Å². The first kappa shape index (κ1) is 15.7. The average Bonchev–Trinajstić information content (AvgIpc) is 2.91. The van der Waals surface area contributed by atoms with E-state index >= 15 is 0 Å². The number of carboxylic acids is 1. The van der Waals surface area contributed by atoms with E-state index in [1.54, 1.807) is 7.05 Å². The van der Waals surface area contributed by atoms with Crippen LogP contribution < -0.4 is 0 Å². The molecule has 0 fully saturated rings. The van der Waals surface area contributed by atoms with E-state index in [1.165, 1.54) is 39.9 Å². The van der Waals surface area contributed by atoms with Crippen LogP contribution in [0, 0.1) is 0 Å². The molecule has 0 amide bonds. The Morgan fingerprint density at radius 2 is 1.86 bits per heavy atom. The largest absolute Gasteiger partial charge is 0.478 e. The second-order valence-electron chi connectivity index (χ2n) is 4.65. The molecule has 2 rings (SSSR count). The van der Waals surface area contributed by atoms with Crippen molar-refractivity contribution in [1.29, 1.82) is 0 Å². The van der Waals surface area contributed by atoms with Crippen LogP contribution in [0.1, 0.15) is 21.5 Å². The molecular weight excluding hydrogens is 310 g/mol. The van der Waals surface area contributed by atoms with Crippen LogP contribution in [-0.2, 0) is 22.3 Å². The predicted molar refractivity (Wildman–Crippen MR) is 81.8 cm³/mol.